The summed E-state index contributed by atoms with van der Waals surface area (Å²) >= 11 is 0.983. The maximum Gasteiger partial charge on any atom is 0.273 e. The van der Waals surface area contributed by atoms with E-state index in [1.165, 1.54) is 18.3 Å². The summed E-state index contributed by atoms with van der Waals surface area (Å²) in [7, 11) is 0. The molecule has 1 fully saturated rings. The first-order valence-corrected chi connectivity index (χ1v) is 7.42. The molecule has 1 N–H and O–H groups in total. The van der Waals surface area contributed by atoms with Crippen molar-refractivity contribution in [2.75, 3.05) is 6.61 Å². The molecule has 2 aromatic rings. The van der Waals surface area contributed by atoms with Crippen LogP contribution in [0, 0.1) is 5.82 Å². The van der Waals surface area contributed by atoms with E-state index in [4.69, 9.17) is 4.74 Å². The molecule has 21 heavy (non-hydrogen) atoms. The van der Waals surface area contributed by atoms with Gasteiger partial charge in [-0.3, -0.25) is 4.79 Å². The van der Waals surface area contributed by atoms with Gasteiger partial charge in [0, 0.05) is 6.61 Å². The summed E-state index contributed by atoms with van der Waals surface area (Å²) in [4.78, 5) is 12.2. The largest absolute Gasteiger partial charge is 0.376 e. The molecule has 2 heterocycles. The van der Waals surface area contributed by atoms with Gasteiger partial charge >= 0.3 is 0 Å². The van der Waals surface area contributed by atoms with E-state index in [2.05, 4.69) is 14.1 Å². The minimum absolute atomic E-state index is 0.106. The number of nitrogens with one attached hydrogen (secondary N) is 1. The van der Waals surface area contributed by atoms with Gasteiger partial charge in [0.15, 0.2) is 5.69 Å². The van der Waals surface area contributed by atoms with Crippen LogP contribution < -0.4 is 5.32 Å². The molecule has 2 atom stereocenters. The van der Waals surface area contributed by atoms with Crippen molar-refractivity contribution in [1.29, 1.82) is 0 Å². The summed E-state index contributed by atoms with van der Waals surface area (Å²) in [6, 6.07) is 5.78. The fourth-order valence-electron chi connectivity index (χ4n) is 2.41. The van der Waals surface area contributed by atoms with E-state index >= 15 is 0 Å². The third-order valence-electron chi connectivity index (χ3n) is 3.45. The topological polar surface area (TPSA) is 64.1 Å². The SMILES string of the molecule is O=C(N[C@@H](c1ccc(F)cc1)[C@@H]1CCCO1)c1cnsn1. The number of amides is 1. The van der Waals surface area contributed by atoms with Crippen LogP contribution in [0.5, 0.6) is 0 Å². The molecule has 1 saturated heterocycles. The van der Waals surface area contributed by atoms with Gasteiger partial charge in [-0.15, -0.1) is 0 Å². The van der Waals surface area contributed by atoms with Crippen molar-refractivity contribution in [2.45, 2.75) is 25.0 Å². The number of halogens is 1. The number of hydrogen-bond acceptors (Lipinski definition) is 5. The van der Waals surface area contributed by atoms with Crippen molar-refractivity contribution in [3.8, 4) is 0 Å². The molecule has 1 aliphatic rings. The Labute approximate surface area is 125 Å². The van der Waals surface area contributed by atoms with Crippen LogP contribution >= 0.6 is 11.7 Å². The van der Waals surface area contributed by atoms with Crippen LogP contribution in [0.15, 0.2) is 30.5 Å². The van der Waals surface area contributed by atoms with Crippen molar-refractivity contribution >= 4 is 17.6 Å². The summed E-state index contributed by atoms with van der Waals surface area (Å²) in [6.07, 6.45) is 3.14. The average Bonchev–Trinajstić information content (AvgIpc) is 3.19. The highest BCUT2D eigenvalue weighted by Crippen LogP contribution is 2.27. The lowest BCUT2D eigenvalue weighted by atomic mass is 9.99. The van der Waals surface area contributed by atoms with Gasteiger partial charge in [-0.25, -0.2) is 4.39 Å². The molecule has 0 spiro atoms. The second-order valence-corrected chi connectivity index (χ2v) is 5.40. The highest BCUT2D eigenvalue weighted by Gasteiger charge is 2.29. The van der Waals surface area contributed by atoms with E-state index in [0.717, 1.165) is 30.1 Å². The van der Waals surface area contributed by atoms with Crippen LogP contribution in [0.3, 0.4) is 0 Å². The van der Waals surface area contributed by atoms with Crippen molar-refractivity contribution in [3.63, 3.8) is 0 Å². The first-order valence-electron chi connectivity index (χ1n) is 6.69. The number of rotatable bonds is 4. The Bertz CT molecular complexity index is 597. The summed E-state index contributed by atoms with van der Waals surface area (Å²) in [5, 5.41) is 2.91. The van der Waals surface area contributed by atoms with Crippen LogP contribution in [0.25, 0.3) is 0 Å². The van der Waals surface area contributed by atoms with Gasteiger partial charge in [0.25, 0.3) is 5.91 Å². The molecule has 1 aromatic carbocycles. The maximum absolute atomic E-state index is 13.1. The second kappa shape index (κ2) is 6.28. The van der Waals surface area contributed by atoms with Crippen LogP contribution in [-0.2, 0) is 4.74 Å². The van der Waals surface area contributed by atoms with Gasteiger partial charge in [0.2, 0.25) is 0 Å². The van der Waals surface area contributed by atoms with E-state index in [1.54, 1.807) is 12.1 Å². The Morgan fingerprint density at radius 1 is 1.43 bits per heavy atom. The Kier molecular flexibility index (Phi) is 4.21. The first kappa shape index (κ1) is 14.1. The standard InChI is InChI=1S/C14H14FN3O2S/c15-10-5-3-9(4-6-10)13(12-2-1-7-20-12)17-14(19)11-8-16-21-18-11/h3-6,8,12-13H,1-2,7H2,(H,17,19)/t12-,13-/m0/s1. The van der Waals surface area contributed by atoms with Crippen LogP contribution in [0.4, 0.5) is 4.39 Å². The molecule has 1 aromatic heterocycles. The zero-order valence-corrected chi connectivity index (χ0v) is 12.0. The van der Waals surface area contributed by atoms with Crippen LogP contribution in [0.2, 0.25) is 0 Å². The molecule has 0 radical (unpaired) electrons. The molecule has 1 aliphatic heterocycles. The lowest BCUT2D eigenvalue weighted by Crippen LogP contribution is -2.36. The molecule has 3 rings (SSSR count). The summed E-state index contributed by atoms with van der Waals surface area (Å²) in [6.45, 7) is 0.677. The van der Waals surface area contributed by atoms with E-state index < -0.39 is 0 Å². The van der Waals surface area contributed by atoms with Crippen LogP contribution in [0.1, 0.15) is 34.9 Å². The zero-order chi connectivity index (χ0) is 14.7. The lowest BCUT2D eigenvalue weighted by molar-refractivity contribution is 0.0670. The molecular formula is C14H14FN3O2S. The monoisotopic (exact) mass is 307 g/mol. The molecule has 1 amide bonds. The van der Waals surface area contributed by atoms with Gasteiger partial charge in [-0.1, -0.05) is 12.1 Å². The van der Waals surface area contributed by atoms with E-state index in [-0.39, 0.29) is 29.6 Å². The summed E-state index contributed by atoms with van der Waals surface area (Å²) < 4.78 is 26.5. The minimum Gasteiger partial charge on any atom is -0.376 e. The van der Waals surface area contributed by atoms with E-state index in [9.17, 15) is 9.18 Å². The first-order chi connectivity index (χ1) is 10.2. The zero-order valence-electron chi connectivity index (χ0n) is 11.2. The Morgan fingerprint density at radius 2 is 2.24 bits per heavy atom. The van der Waals surface area contributed by atoms with Crippen molar-refractivity contribution in [2.24, 2.45) is 0 Å². The molecular weight excluding hydrogens is 293 g/mol. The molecule has 0 unspecified atom stereocenters. The van der Waals surface area contributed by atoms with Crippen molar-refractivity contribution < 1.29 is 13.9 Å². The Balaban J connectivity index is 1.82. The van der Waals surface area contributed by atoms with Gasteiger partial charge in [0.05, 0.1) is 30.1 Å². The molecule has 0 saturated carbocycles. The number of carbonyl (C=O) groups is 1. The van der Waals surface area contributed by atoms with Gasteiger partial charge < -0.3 is 10.1 Å². The highest BCUT2D eigenvalue weighted by molar-refractivity contribution is 6.99. The maximum atomic E-state index is 13.1. The number of ether oxygens (including phenoxy) is 1. The van der Waals surface area contributed by atoms with E-state index in [0.29, 0.717) is 6.61 Å². The quantitative estimate of drug-likeness (QED) is 0.941. The fourth-order valence-corrected chi connectivity index (χ4v) is 2.82. The number of carbonyl (C=O) groups excluding carboxylic acids is 1. The van der Waals surface area contributed by atoms with Crippen molar-refractivity contribution in [1.82, 2.24) is 14.1 Å². The summed E-state index contributed by atoms with van der Waals surface area (Å²) in [5.41, 5.74) is 1.10. The lowest BCUT2D eigenvalue weighted by Gasteiger charge is -2.24. The third-order valence-corrected chi connectivity index (χ3v) is 3.92. The predicted molar refractivity (Wildman–Crippen MR) is 75.5 cm³/mol. The van der Waals surface area contributed by atoms with Crippen LogP contribution in [-0.4, -0.2) is 27.4 Å². The van der Waals surface area contributed by atoms with Gasteiger partial charge in [0.1, 0.15) is 5.82 Å². The minimum atomic E-state index is -0.317. The van der Waals surface area contributed by atoms with Gasteiger partial charge in [-0.2, -0.15) is 8.75 Å². The molecule has 0 aliphatic carbocycles. The molecule has 110 valence electrons. The van der Waals surface area contributed by atoms with E-state index in [1.807, 2.05) is 0 Å². The molecule has 5 nitrogen and oxygen atoms in total. The highest BCUT2D eigenvalue weighted by atomic mass is 32.1. The average molecular weight is 307 g/mol. The predicted octanol–water partition coefficient (Wildman–Crippen LogP) is 2.33. The van der Waals surface area contributed by atoms with Crippen molar-refractivity contribution in [3.05, 3.63) is 47.5 Å². The molecule has 0 bridgehead atoms. The smallest absolute Gasteiger partial charge is 0.273 e. The third kappa shape index (κ3) is 3.25. The molecule has 7 heteroatoms. The Morgan fingerprint density at radius 3 is 2.86 bits per heavy atom. The number of nitrogens with zero attached hydrogens (tertiary/aromatic N) is 2. The number of hydrogen-bond donors (Lipinski definition) is 1. The second-order valence-electron chi connectivity index (χ2n) is 4.85. The summed E-state index contributed by atoms with van der Waals surface area (Å²) in [5.74, 6) is -0.603. The van der Waals surface area contributed by atoms with Gasteiger partial charge in [-0.05, 0) is 30.5 Å². The number of benzene rings is 1. The number of aromatic nitrogens is 2. The fraction of sp³-hybridized carbons (Fsp3) is 0.357. The normalized spacial score (nSPS) is 19.4. The Hall–Kier alpha value is -1.86.